The van der Waals surface area contributed by atoms with E-state index in [1.54, 1.807) is 16.7 Å². The summed E-state index contributed by atoms with van der Waals surface area (Å²) >= 11 is 1.48. The van der Waals surface area contributed by atoms with Gasteiger partial charge in [0.15, 0.2) is 5.13 Å². The lowest BCUT2D eigenvalue weighted by Crippen LogP contribution is -2.32. The average molecular weight is 407 g/mol. The van der Waals surface area contributed by atoms with Gasteiger partial charge in [0, 0.05) is 6.54 Å². The Kier molecular flexibility index (Phi) is 5.31. The third-order valence-electron chi connectivity index (χ3n) is 4.66. The van der Waals surface area contributed by atoms with Crippen molar-refractivity contribution in [2.45, 2.75) is 26.9 Å². The molecule has 0 aliphatic heterocycles. The maximum absolute atomic E-state index is 13.5. The van der Waals surface area contributed by atoms with E-state index < -0.39 is 0 Å². The molecule has 2 heterocycles. The molecular formula is C22H22N4O2S. The van der Waals surface area contributed by atoms with Crippen molar-refractivity contribution in [2.75, 3.05) is 12.0 Å². The van der Waals surface area contributed by atoms with E-state index in [2.05, 4.69) is 5.10 Å². The molecule has 0 saturated heterocycles. The number of fused-ring (bicyclic) bond motifs is 1. The number of ether oxygens (including phenoxy) is 1. The van der Waals surface area contributed by atoms with E-state index in [9.17, 15) is 4.79 Å². The molecule has 0 N–H and O–H groups in total. The molecule has 0 aliphatic rings. The molecule has 0 spiro atoms. The number of thiazole rings is 1. The second-order valence-electron chi connectivity index (χ2n) is 6.69. The lowest BCUT2D eigenvalue weighted by molar-refractivity contribution is 0.0975. The van der Waals surface area contributed by atoms with Gasteiger partial charge in [-0.1, -0.05) is 41.7 Å². The van der Waals surface area contributed by atoms with Crippen molar-refractivity contribution < 1.29 is 9.53 Å². The van der Waals surface area contributed by atoms with Crippen LogP contribution in [0.4, 0.5) is 5.13 Å². The maximum atomic E-state index is 13.5. The Balaban J connectivity index is 1.78. The highest BCUT2D eigenvalue weighted by molar-refractivity contribution is 7.22. The monoisotopic (exact) mass is 406 g/mol. The van der Waals surface area contributed by atoms with E-state index in [-0.39, 0.29) is 5.91 Å². The Hall–Kier alpha value is -3.19. The van der Waals surface area contributed by atoms with Crippen LogP contribution in [0.2, 0.25) is 0 Å². The number of nitrogens with zero attached hydrogens (tertiary/aromatic N) is 4. The van der Waals surface area contributed by atoms with Gasteiger partial charge in [-0.3, -0.25) is 14.4 Å². The second kappa shape index (κ2) is 8.05. The van der Waals surface area contributed by atoms with Gasteiger partial charge >= 0.3 is 0 Å². The molecule has 0 aliphatic carbocycles. The summed E-state index contributed by atoms with van der Waals surface area (Å²) in [6.45, 7) is 4.94. The molecule has 0 atom stereocenters. The first-order valence-electron chi connectivity index (χ1n) is 9.44. The average Bonchev–Trinajstić information content (AvgIpc) is 3.34. The molecule has 7 heteroatoms. The van der Waals surface area contributed by atoms with E-state index in [1.165, 1.54) is 11.3 Å². The lowest BCUT2D eigenvalue weighted by atomic mass is 10.2. The minimum Gasteiger partial charge on any atom is -0.497 e. The Bertz CT molecular complexity index is 1150. The van der Waals surface area contributed by atoms with Crippen LogP contribution in [0.1, 0.15) is 28.7 Å². The van der Waals surface area contributed by atoms with Crippen LogP contribution in [0.5, 0.6) is 5.75 Å². The normalized spacial score (nSPS) is 11.0. The van der Waals surface area contributed by atoms with Gasteiger partial charge in [-0.2, -0.15) is 5.10 Å². The standard InChI is InChI=1S/C22H22N4O2S/c1-4-26-19(12-15(2)24-26)21(27)25(14-16-8-6-5-7-9-16)22-23-18-11-10-17(28-3)13-20(18)29-22/h5-13H,4,14H2,1-3H3. The van der Waals surface area contributed by atoms with Gasteiger partial charge in [-0.25, -0.2) is 4.98 Å². The molecule has 2 aromatic heterocycles. The number of aromatic nitrogens is 3. The number of hydrogen-bond donors (Lipinski definition) is 0. The summed E-state index contributed by atoms with van der Waals surface area (Å²) in [5.41, 5.74) is 3.27. The predicted molar refractivity (Wildman–Crippen MR) is 116 cm³/mol. The summed E-state index contributed by atoms with van der Waals surface area (Å²) in [4.78, 5) is 20.0. The molecule has 0 unspecified atom stereocenters. The zero-order valence-electron chi connectivity index (χ0n) is 16.6. The van der Waals surface area contributed by atoms with Crippen LogP contribution in [0.25, 0.3) is 10.2 Å². The lowest BCUT2D eigenvalue weighted by Gasteiger charge is -2.20. The summed E-state index contributed by atoms with van der Waals surface area (Å²) in [6.07, 6.45) is 0. The van der Waals surface area contributed by atoms with Crippen molar-refractivity contribution in [3.05, 3.63) is 71.5 Å². The molecule has 4 rings (SSSR count). The fraction of sp³-hybridized carbons (Fsp3) is 0.227. The van der Waals surface area contributed by atoms with Gasteiger partial charge in [-0.05, 0) is 43.7 Å². The molecule has 0 radical (unpaired) electrons. The van der Waals surface area contributed by atoms with Crippen LogP contribution in [0, 0.1) is 6.92 Å². The van der Waals surface area contributed by atoms with E-state index in [0.717, 1.165) is 27.2 Å². The van der Waals surface area contributed by atoms with Gasteiger partial charge in [0.1, 0.15) is 11.4 Å². The zero-order chi connectivity index (χ0) is 20.4. The van der Waals surface area contributed by atoms with Gasteiger partial charge in [-0.15, -0.1) is 0 Å². The van der Waals surface area contributed by atoms with Crippen molar-refractivity contribution in [2.24, 2.45) is 0 Å². The molecule has 6 nitrogen and oxygen atoms in total. The second-order valence-corrected chi connectivity index (χ2v) is 7.70. The first-order valence-corrected chi connectivity index (χ1v) is 10.3. The van der Waals surface area contributed by atoms with Crippen LogP contribution >= 0.6 is 11.3 Å². The minimum atomic E-state index is -0.109. The zero-order valence-corrected chi connectivity index (χ0v) is 17.4. The van der Waals surface area contributed by atoms with E-state index >= 15 is 0 Å². The third kappa shape index (κ3) is 3.86. The molecule has 1 amide bonds. The van der Waals surface area contributed by atoms with Gasteiger partial charge < -0.3 is 4.74 Å². The molecule has 0 bridgehead atoms. The Labute approximate surface area is 173 Å². The number of rotatable bonds is 6. The quantitative estimate of drug-likeness (QED) is 0.467. The van der Waals surface area contributed by atoms with Crippen molar-refractivity contribution in [3.8, 4) is 5.75 Å². The third-order valence-corrected chi connectivity index (χ3v) is 5.71. The van der Waals surface area contributed by atoms with Crippen LogP contribution in [0.15, 0.2) is 54.6 Å². The highest BCUT2D eigenvalue weighted by Crippen LogP contribution is 2.33. The summed E-state index contributed by atoms with van der Waals surface area (Å²) < 4.78 is 8.04. The Morgan fingerprint density at radius 3 is 2.69 bits per heavy atom. The topological polar surface area (TPSA) is 60.2 Å². The molecule has 2 aromatic carbocycles. The first-order chi connectivity index (χ1) is 14.1. The fourth-order valence-corrected chi connectivity index (χ4v) is 4.22. The van der Waals surface area contributed by atoms with Crippen molar-refractivity contribution in [1.82, 2.24) is 14.8 Å². The largest absolute Gasteiger partial charge is 0.497 e. The Morgan fingerprint density at radius 1 is 1.17 bits per heavy atom. The molecule has 148 valence electrons. The van der Waals surface area contributed by atoms with E-state index in [1.807, 2.05) is 68.4 Å². The SMILES string of the molecule is CCn1nc(C)cc1C(=O)N(Cc1ccccc1)c1nc2ccc(OC)cc2s1. The molecule has 29 heavy (non-hydrogen) atoms. The smallest absolute Gasteiger partial charge is 0.278 e. The van der Waals surface area contributed by atoms with Crippen molar-refractivity contribution in [1.29, 1.82) is 0 Å². The van der Waals surface area contributed by atoms with Gasteiger partial charge in [0.2, 0.25) is 0 Å². The van der Waals surface area contributed by atoms with Gasteiger partial charge in [0.05, 0.1) is 29.6 Å². The molecule has 0 fully saturated rings. The summed E-state index contributed by atoms with van der Waals surface area (Å²) in [5, 5.41) is 5.09. The minimum absolute atomic E-state index is 0.109. The molecular weight excluding hydrogens is 384 g/mol. The molecule has 4 aromatic rings. The number of carbonyl (C=O) groups is 1. The number of aryl methyl sites for hydroxylation is 2. The van der Waals surface area contributed by atoms with Crippen molar-refractivity contribution in [3.63, 3.8) is 0 Å². The Morgan fingerprint density at radius 2 is 1.97 bits per heavy atom. The van der Waals surface area contributed by atoms with Crippen LogP contribution in [-0.2, 0) is 13.1 Å². The number of amides is 1. The van der Waals surface area contributed by atoms with Crippen LogP contribution in [-0.4, -0.2) is 27.8 Å². The van der Waals surface area contributed by atoms with Gasteiger partial charge in [0.25, 0.3) is 5.91 Å². The fourth-order valence-electron chi connectivity index (χ4n) is 3.22. The summed E-state index contributed by atoms with van der Waals surface area (Å²) in [5.74, 6) is 0.663. The summed E-state index contributed by atoms with van der Waals surface area (Å²) in [7, 11) is 1.64. The number of methoxy groups -OCH3 is 1. The van der Waals surface area contributed by atoms with E-state index in [4.69, 9.17) is 9.72 Å². The van der Waals surface area contributed by atoms with E-state index in [0.29, 0.717) is 23.9 Å². The highest BCUT2D eigenvalue weighted by atomic mass is 32.1. The first kappa shape index (κ1) is 19.1. The molecule has 0 saturated carbocycles. The van der Waals surface area contributed by atoms with Crippen LogP contribution in [0.3, 0.4) is 0 Å². The van der Waals surface area contributed by atoms with Crippen molar-refractivity contribution >= 4 is 32.6 Å². The summed E-state index contributed by atoms with van der Waals surface area (Å²) in [6, 6.07) is 17.5. The predicted octanol–water partition coefficient (Wildman–Crippen LogP) is 4.68. The number of anilines is 1. The number of carbonyl (C=O) groups excluding carboxylic acids is 1. The van der Waals surface area contributed by atoms with Crippen LogP contribution < -0.4 is 9.64 Å². The number of benzene rings is 2. The maximum Gasteiger partial charge on any atom is 0.278 e. The highest BCUT2D eigenvalue weighted by Gasteiger charge is 2.25. The number of hydrogen-bond acceptors (Lipinski definition) is 5.